The largest absolute Gasteiger partial charge is 0.493 e. The number of aromatic amines is 1. The van der Waals surface area contributed by atoms with E-state index in [2.05, 4.69) is 10.2 Å². The van der Waals surface area contributed by atoms with Gasteiger partial charge in [0.25, 0.3) is 0 Å². The second kappa shape index (κ2) is 6.50. The first-order valence-electron chi connectivity index (χ1n) is 7.41. The van der Waals surface area contributed by atoms with E-state index >= 15 is 0 Å². The molecule has 1 aliphatic carbocycles. The zero-order valence-corrected chi connectivity index (χ0v) is 13.4. The summed E-state index contributed by atoms with van der Waals surface area (Å²) in [6.45, 7) is 0. The summed E-state index contributed by atoms with van der Waals surface area (Å²) in [5.41, 5.74) is 1.03. The number of benzene rings is 1. The molecular weight excluding hydrogens is 320 g/mol. The quantitative estimate of drug-likeness (QED) is 0.868. The molecule has 1 saturated carbocycles. The van der Waals surface area contributed by atoms with Crippen LogP contribution in [0.15, 0.2) is 18.2 Å². The summed E-state index contributed by atoms with van der Waals surface area (Å²) in [7, 11) is 1.56. The van der Waals surface area contributed by atoms with E-state index < -0.39 is 5.97 Å². The highest BCUT2D eigenvalue weighted by molar-refractivity contribution is 6.33. The Bertz CT molecular complexity index is 723. The Labute approximate surface area is 138 Å². The molecule has 122 valence electrons. The van der Waals surface area contributed by atoms with Gasteiger partial charge in [-0.1, -0.05) is 11.6 Å². The lowest BCUT2D eigenvalue weighted by molar-refractivity contribution is 0.0690. The molecule has 1 aromatic heterocycles. The number of aromatic carboxylic acids is 1. The number of methoxy groups -OCH3 is 1. The van der Waals surface area contributed by atoms with Gasteiger partial charge in [0.15, 0.2) is 11.5 Å². The molecule has 1 heterocycles. The van der Waals surface area contributed by atoms with Crippen LogP contribution in [0.4, 0.5) is 0 Å². The number of aromatic nitrogens is 2. The molecule has 0 amide bonds. The first-order chi connectivity index (χ1) is 11.1. The molecule has 23 heavy (non-hydrogen) atoms. The predicted octanol–water partition coefficient (Wildman–Crippen LogP) is 3.76. The molecular formula is C16H17ClN2O4. The minimum Gasteiger partial charge on any atom is -0.493 e. The average molecular weight is 337 g/mol. The van der Waals surface area contributed by atoms with Gasteiger partial charge in [0.05, 0.1) is 23.9 Å². The van der Waals surface area contributed by atoms with E-state index in [1.165, 1.54) is 18.9 Å². The number of nitrogens with zero attached hydrogens (tertiary/aromatic N) is 1. The molecule has 2 N–H and O–H groups in total. The van der Waals surface area contributed by atoms with Gasteiger partial charge in [0.1, 0.15) is 5.69 Å². The number of carbonyl (C=O) groups is 1. The number of carboxylic acid groups (broad SMARTS) is 1. The van der Waals surface area contributed by atoms with Crippen molar-refractivity contribution in [2.75, 3.05) is 7.11 Å². The number of hydrogen-bond acceptors (Lipinski definition) is 4. The lowest BCUT2D eigenvalue weighted by Gasteiger charge is -2.17. The van der Waals surface area contributed by atoms with Crippen molar-refractivity contribution in [2.45, 2.75) is 31.8 Å². The van der Waals surface area contributed by atoms with E-state index in [0.717, 1.165) is 12.8 Å². The number of rotatable bonds is 5. The van der Waals surface area contributed by atoms with Crippen LogP contribution < -0.4 is 9.47 Å². The van der Waals surface area contributed by atoms with Crippen molar-refractivity contribution in [2.24, 2.45) is 0 Å². The maximum Gasteiger partial charge on any atom is 0.353 e. The third-order valence-electron chi connectivity index (χ3n) is 3.93. The fourth-order valence-electron chi connectivity index (χ4n) is 2.74. The number of carboxylic acids is 1. The van der Waals surface area contributed by atoms with E-state index in [4.69, 9.17) is 26.2 Å². The summed E-state index contributed by atoms with van der Waals surface area (Å²) in [6, 6.07) is 4.85. The second-order valence-electron chi connectivity index (χ2n) is 5.48. The van der Waals surface area contributed by atoms with E-state index in [1.807, 2.05) is 0 Å². The first-order valence-corrected chi connectivity index (χ1v) is 7.79. The lowest BCUT2D eigenvalue weighted by atomic mass is 10.1. The lowest BCUT2D eigenvalue weighted by Crippen LogP contribution is -2.11. The smallest absolute Gasteiger partial charge is 0.353 e. The Kier molecular flexibility index (Phi) is 4.43. The molecule has 0 aliphatic heterocycles. The van der Waals surface area contributed by atoms with Crippen LogP contribution in [0.25, 0.3) is 11.3 Å². The van der Waals surface area contributed by atoms with Gasteiger partial charge in [-0.15, -0.1) is 0 Å². The summed E-state index contributed by atoms with van der Waals surface area (Å²) >= 11 is 6.33. The van der Waals surface area contributed by atoms with Gasteiger partial charge in [-0.05, 0) is 37.8 Å². The van der Waals surface area contributed by atoms with Gasteiger partial charge >= 0.3 is 5.97 Å². The predicted molar refractivity (Wildman–Crippen MR) is 85.4 cm³/mol. The van der Waals surface area contributed by atoms with E-state index in [0.29, 0.717) is 27.8 Å². The molecule has 0 radical (unpaired) electrons. The van der Waals surface area contributed by atoms with Crippen LogP contribution in [0.2, 0.25) is 5.02 Å². The van der Waals surface area contributed by atoms with Crippen molar-refractivity contribution in [3.8, 4) is 22.8 Å². The van der Waals surface area contributed by atoms with Crippen LogP contribution in [0.5, 0.6) is 11.5 Å². The van der Waals surface area contributed by atoms with Gasteiger partial charge in [0, 0.05) is 11.6 Å². The summed E-state index contributed by atoms with van der Waals surface area (Å²) in [5.74, 6) is 0.0753. The van der Waals surface area contributed by atoms with Crippen molar-refractivity contribution in [1.82, 2.24) is 10.2 Å². The van der Waals surface area contributed by atoms with Gasteiger partial charge in [-0.2, -0.15) is 5.10 Å². The maximum absolute atomic E-state index is 11.0. The van der Waals surface area contributed by atoms with E-state index in [-0.39, 0.29) is 11.8 Å². The Morgan fingerprint density at radius 3 is 2.65 bits per heavy atom. The Morgan fingerprint density at radius 1 is 1.30 bits per heavy atom. The number of hydrogen-bond donors (Lipinski definition) is 2. The first kappa shape index (κ1) is 15.7. The van der Waals surface area contributed by atoms with Crippen molar-refractivity contribution in [1.29, 1.82) is 0 Å². The minimum atomic E-state index is -1.08. The van der Waals surface area contributed by atoms with Gasteiger partial charge < -0.3 is 14.6 Å². The molecule has 0 bridgehead atoms. The number of ether oxygens (including phenoxy) is 2. The Morgan fingerprint density at radius 2 is 2.04 bits per heavy atom. The maximum atomic E-state index is 11.0. The molecule has 0 spiro atoms. The van der Waals surface area contributed by atoms with Gasteiger partial charge in [-0.25, -0.2) is 4.79 Å². The van der Waals surface area contributed by atoms with Crippen molar-refractivity contribution in [3.63, 3.8) is 0 Å². The van der Waals surface area contributed by atoms with Crippen LogP contribution in [0.1, 0.15) is 36.2 Å². The normalized spacial score (nSPS) is 14.9. The zero-order valence-electron chi connectivity index (χ0n) is 12.6. The van der Waals surface area contributed by atoms with Gasteiger partial charge in [-0.3, -0.25) is 5.10 Å². The van der Waals surface area contributed by atoms with E-state index in [1.54, 1.807) is 19.2 Å². The topological polar surface area (TPSA) is 84.4 Å². The molecule has 1 aliphatic rings. The number of H-pyrrole nitrogens is 1. The Hall–Kier alpha value is -2.21. The minimum absolute atomic E-state index is 0.00122. The van der Waals surface area contributed by atoms with Crippen LogP contribution in [-0.2, 0) is 0 Å². The number of halogens is 1. The number of nitrogens with one attached hydrogen (secondary N) is 1. The van der Waals surface area contributed by atoms with Crippen LogP contribution in [0.3, 0.4) is 0 Å². The van der Waals surface area contributed by atoms with Crippen LogP contribution in [0, 0.1) is 0 Å². The van der Waals surface area contributed by atoms with Crippen LogP contribution >= 0.6 is 11.6 Å². The molecule has 3 rings (SSSR count). The average Bonchev–Trinajstić information content (AvgIpc) is 3.18. The zero-order chi connectivity index (χ0) is 16.4. The Balaban J connectivity index is 1.93. The molecule has 0 atom stereocenters. The molecule has 7 heteroatoms. The van der Waals surface area contributed by atoms with Gasteiger partial charge in [0.2, 0.25) is 0 Å². The van der Waals surface area contributed by atoms with E-state index in [9.17, 15) is 4.79 Å². The molecule has 6 nitrogen and oxygen atoms in total. The molecule has 0 unspecified atom stereocenters. The van der Waals surface area contributed by atoms with Crippen LogP contribution in [-0.4, -0.2) is 34.5 Å². The highest BCUT2D eigenvalue weighted by Gasteiger charge is 2.21. The SMILES string of the molecule is COc1cc(-c2cc(C(=O)O)[nH]n2)c(Cl)cc1OC1CCCC1. The third-order valence-corrected chi connectivity index (χ3v) is 4.25. The third kappa shape index (κ3) is 3.27. The summed E-state index contributed by atoms with van der Waals surface area (Å²) in [6.07, 6.45) is 4.59. The summed E-state index contributed by atoms with van der Waals surface area (Å²) < 4.78 is 11.4. The fourth-order valence-corrected chi connectivity index (χ4v) is 2.99. The molecule has 0 saturated heterocycles. The highest BCUT2D eigenvalue weighted by Crippen LogP contribution is 2.39. The van der Waals surface area contributed by atoms with Crippen molar-refractivity contribution >= 4 is 17.6 Å². The highest BCUT2D eigenvalue weighted by atomic mass is 35.5. The summed E-state index contributed by atoms with van der Waals surface area (Å²) in [4.78, 5) is 11.0. The summed E-state index contributed by atoms with van der Waals surface area (Å²) in [5, 5.41) is 15.9. The molecule has 1 aromatic carbocycles. The van der Waals surface area contributed by atoms with Crippen molar-refractivity contribution < 1.29 is 19.4 Å². The molecule has 2 aromatic rings. The van der Waals surface area contributed by atoms with Crippen molar-refractivity contribution in [3.05, 3.63) is 28.9 Å². The monoisotopic (exact) mass is 336 g/mol. The second-order valence-corrected chi connectivity index (χ2v) is 5.89. The standard InChI is InChI=1S/C16H17ClN2O4/c1-22-14-6-10(12-8-13(16(20)21)19-18-12)11(17)7-15(14)23-9-4-2-3-5-9/h6-9H,2-5H2,1H3,(H,18,19)(H,20,21). The fraction of sp³-hybridized carbons (Fsp3) is 0.375. The molecule has 1 fully saturated rings.